The van der Waals surface area contributed by atoms with Crippen LogP contribution in [0.1, 0.15) is 18.4 Å². The van der Waals surface area contributed by atoms with Crippen molar-refractivity contribution in [2.45, 2.75) is 26.9 Å². The molecule has 2 aromatic heterocycles. The Labute approximate surface area is 87.8 Å². The monoisotopic (exact) mass is 206 g/mol. The minimum atomic E-state index is 0.00607. The summed E-state index contributed by atoms with van der Waals surface area (Å²) in [6, 6.07) is 3.79. The molecular weight excluding hydrogens is 192 g/mol. The van der Waals surface area contributed by atoms with Crippen LogP contribution in [-0.4, -0.2) is 9.13 Å². The van der Waals surface area contributed by atoms with Crippen LogP contribution < -0.4 is 5.69 Å². The fourth-order valence-electron chi connectivity index (χ4n) is 1.55. The fraction of sp³-hybridized carbons (Fsp3) is 0.364. The van der Waals surface area contributed by atoms with Crippen LogP contribution in [0.2, 0.25) is 0 Å². The minimum absolute atomic E-state index is 0.00607. The van der Waals surface area contributed by atoms with Gasteiger partial charge in [0.1, 0.15) is 11.5 Å². The number of aromatic nitrogens is 2. The second-order valence-electron chi connectivity index (χ2n) is 3.51. The summed E-state index contributed by atoms with van der Waals surface area (Å²) in [7, 11) is 0. The van der Waals surface area contributed by atoms with Gasteiger partial charge in [0.2, 0.25) is 0 Å². The number of rotatable bonds is 3. The van der Waals surface area contributed by atoms with Crippen molar-refractivity contribution < 1.29 is 4.42 Å². The average molecular weight is 206 g/mol. The van der Waals surface area contributed by atoms with Gasteiger partial charge >= 0.3 is 5.69 Å². The van der Waals surface area contributed by atoms with Gasteiger partial charge in [-0.15, -0.1) is 0 Å². The average Bonchev–Trinajstić information content (AvgIpc) is 2.76. The number of nitrogens with zero attached hydrogens (tertiary/aromatic N) is 2. The van der Waals surface area contributed by atoms with Gasteiger partial charge in [0, 0.05) is 18.9 Å². The molecule has 80 valence electrons. The quantitative estimate of drug-likeness (QED) is 0.765. The van der Waals surface area contributed by atoms with Crippen molar-refractivity contribution in [3.63, 3.8) is 0 Å². The number of hydrogen-bond acceptors (Lipinski definition) is 2. The molecule has 0 aliphatic carbocycles. The smallest absolute Gasteiger partial charge is 0.328 e. The van der Waals surface area contributed by atoms with Gasteiger partial charge in [-0.05, 0) is 26.0 Å². The van der Waals surface area contributed by atoms with Crippen molar-refractivity contribution in [1.82, 2.24) is 9.13 Å². The van der Waals surface area contributed by atoms with Gasteiger partial charge in [-0.3, -0.25) is 9.13 Å². The molecule has 0 unspecified atom stereocenters. The number of imidazole rings is 1. The first-order valence-electron chi connectivity index (χ1n) is 5.01. The highest BCUT2D eigenvalue weighted by Crippen LogP contribution is 2.07. The zero-order valence-electron chi connectivity index (χ0n) is 8.93. The van der Waals surface area contributed by atoms with Crippen molar-refractivity contribution >= 4 is 0 Å². The van der Waals surface area contributed by atoms with E-state index >= 15 is 0 Å². The van der Waals surface area contributed by atoms with Gasteiger partial charge in [0.25, 0.3) is 0 Å². The Hall–Kier alpha value is -1.71. The first-order chi connectivity index (χ1) is 7.20. The molecule has 0 fully saturated rings. The second kappa shape index (κ2) is 3.81. The minimum Gasteiger partial charge on any atom is -0.464 e. The van der Waals surface area contributed by atoms with Crippen LogP contribution >= 0.6 is 0 Å². The molecule has 4 nitrogen and oxygen atoms in total. The highest BCUT2D eigenvalue weighted by Gasteiger charge is 2.04. The van der Waals surface area contributed by atoms with Crippen molar-refractivity contribution in [3.8, 4) is 0 Å². The summed E-state index contributed by atoms with van der Waals surface area (Å²) < 4.78 is 8.72. The number of hydrogen-bond donors (Lipinski definition) is 0. The van der Waals surface area contributed by atoms with Crippen molar-refractivity contribution in [3.05, 3.63) is 46.5 Å². The van der Waals surface area contributed by atoms with E-state index in [9.17, 15) is 4.79 Å². The maximum absolute atomic E-state index is 11.7. The Morgan fingerprint density at radius 2 is 2.00 bits per heavy atom. The third-order valence-corrected chi connectivity index (χ3v) is 2.38. The first-order valence-corrected chi connectivity index (χ1v) is 5.01. The largest absolute Gasteiger partial charge is 0.464 e. The van der Waals surface area contributed by atoms with E-state index in [0.29, 0.717) is 13.1 Å². The highest BCUT2D eigenvalue weighted by atomic mass is 16.3. The Morgan fingerprint density at radius 3 is 2.53 bits per heavy atom. The zero-order chi connectivity index (χ0) is 10.8. The predicted octanol–water partition coefficient (Wildman–Crippen LogP) is 1.62. The second-order valence-corrected chi connectivity index (χ2v) is 3.51. The standard InChI is InChI=1S/C11H14N2O2/c1-3-12-6-7-13(11(12)14)8-10-5-4-9(2)15-10/h4-7H,3,8H2,1-2H3. The zero-order valence-corrected chi connectivity index (χ0v) is 8.93. The molecule has 4 heteroatoms. The topological polar surface area (TPSA) is 40.1 Å². The molecule has 0 aliphatic rings. The van der Waals surface area contributed by atoms with Crippen LogP contribution in [0.5, 0.6) is 0 Å². The highest BCUT2D eigenvalue weighted by molar-refractivity contribution is 5.06. The molecule has 0 amide bonds. The van der Waals surface area contributed by atoms with Gasteiger partial charge < -0.3 is 4.42 Å². The van der Waals surface area contributed by atoms with Gasteiger partial charge in [-0.2, -0.15) is 0 Å². The lowest BCUT2D eigenvalue weighted by atomic mass is 10.4. The van der Waals surface area contributed by atoms with Crippen molar-refractivity contribution in [1.29, 1.82) is 0 Å². The first kappa shape index (κ1) is 9.83. The van der Waals surface area contributed by atoms with E-state index in [1.54, 1.807) is 21.5 Å². The number of aryl methyl sites for hydroxylation is 2. The van der Waals surface area contributed by atoms with E-state index in [2.05, 4.69) is 0 Å². The molecule has 0 bridgehead atoms. The van der Waals surface area contributed by atoms with E-state index in [0.717, 1.165) is 11.5 Å². The normalized spacial score (nSPS) is 10.8. The van der Waals surface area contributed by atoms with E-state index in [4.69, 9.17) is 4.42 Å². The molecule has 0 saturated heterocycles. The fourth-order valence-corrected chi connectivity index (χ4v) is 1.55. The third-order valence-electron chi connectivity index (χ3n) is 2.38. The maximum Gasteiger partial charge on any atom is 0.328 e. The van der Waals surface area contributed by atoms with Crippen LogP contribution in [0, 0.1) is 6.92 Å². The molecule has 0 atom stereocenters. The van der Waals surface area contributed by atoms with E-state index < -0.39 is 0 Å². The van der Waals surface area contributed by atoms with Crippen molar-refractivity contribution in [2.24, 2.45) is 0 Å². The summed E-state index contributed by atoms with van der Waals surface area (Å²) in [5.41, 5.74) is 0.00607. The molecule has 0 spiro atoms. The van der Waals surface area contributed by atoms with E-state index in [1.807, 2.05) is 26.0 Å². The summed E-state index contributed by atoms with van der Waals surface area (Å²) in [4.78, 5) is 11.7. The van der Waals surface area contributed by atoms with Gasteiger partial charge in [0.15, 0.2) is 0 Å². The molecule has 2 aromatic rings. The SMILES string of the molecule is CCn1ccn(Cc2ccc(C)o2)c1=O. The molecule has 0 saturated carbocycles. The van der Waals surface area contributed by atoms with Crippen LogP contribution in [0.15, 0.2) is 33.7 Å². The Balaban J connectivity index is 2.25. The summed E-state index contributed by atoms with van der Waals surface area (Å²) in [5.74, 6) is 1.68. The molecule has 0 radical (unpaired) electrons. The lowest BCUT2D eigenvalue weighted by Crippen LogP contribution is -2.23. The van der Waals surface area contributed by atoms with Crippen molar-refractivity contribution in [2.75, 3.05) is 0 Å². The molecule has 0 aromatic carbocycles. The maximum atomic E-state index is 11.7. The predicted molar refractivity (Wildman–Crippen MR) is 56.9 cm³/mol. The lowest BCUT2D eigenvalue weighted by Gasteiger charge is -1.97. The Morgan fingerprint density at radius 1 is 1.27 bits per heavy atom. The molecular formula is C11H14N2O2. The summed E-state index contributed by atoms with van der Waals surface area (Å²) in [6.45, 7) is 5.04. The van der Waals surface area contributed by atoms with Gasteiger partial charge in [-0.1, -0.05) is 0 Å². The summed E-state index contributed by atoms with van der Waals surface area (Å²) in [5, 5.41) is 0. The molecule has 0 aliphatic heterocycles. The number of furan rings is 1. The molecule has 0 N–H and O–H groups in total. The third kappa shape index (κ3) is 1.88. The summed E-state index contributed by atoms with van der Waals surface area (Å²) in [6.07, 6.45) is 3.57. The Kier molecular flexibility index (Phi) is 2.49. The van der Waals surface area contributed by atoms with Crippen LogP contribution in [0.25, 0.3) is 0 Å². The molecule has 2 heterocycles. The molecule has 15 heavy (non-hydrogen) atoms. The Bertz CT molecular complexity index is 505. The van der Waals surface area contributed by atoms with Gasteiger partial charge in [-0.25, -0.2) is 4.79 Å². The molecule has 2 rings (SSSR count). The summed E-state index contributed by atoms with van der Waals surface area (Å²) >= 11 is 0. The van der Waals surface area contributed by atoms with E-state index in [-0.39, 0.29) is 5.69 Å². The van der Waals surface area contributed by atoms with Crippen LogP contribution in [-0.2, 0) is 13.1 Å². The van der Waals surface area contributed by atoms with Crippen LogP contribution in [0.4, 0.5) is 0 Å². The van der Waals surface area contributed by atoms with E-state index in [1.165, 1.54) is 0 Å². The lowest BCUT2D eigenvalue weighted by molar-refractivity contribution is 0.465. The van der Waals surface area contributed by atoms with Crippen LogP contribution in [0.3, 0.4) is 0 Å². The van der Waals surface area contributed by atoms with Gasteiger partial charge in [0.05, 0.1) is 6.54 Å².